The number of rotatable bonds is 4. The molecule has 6 heteroatoms. The number of hydrogen-bond acceptors (Lipinski definition) is 4. The zero-order chi connectivity index (χ0) is 15.7. The van der Waals surface area contributed by atoms with Crippen LogP contribution < -0.4 is 11.3 Å². The summed E-state index contributed by atoms with van der Waals surface area (Å²) >= 11 is 0. The zero-order valence-electron chi connectivity index (χ0n) is 12.0. The van der Waals surface area contributed by atoms with Crippen LogP contribution in [-0.4, -0.2) is 12.0 Å². The summed E-state index contributed by atoms with van der Waals surface area (Å²) in [4.78, 5) is 4.03. The highest BCUT2D eigenvalue weighted by atomic mass is 19.1. The first-order chi connectivity index (χ1) is 10.1. The van der Waals surface area contributed by atoms with Gasteiger partial charge in [-0.2, -0.15) is 0 Å². The van der Waals surface area contributed by atoms with E-state index in [9.17, 15) is 8.78 Å². The van der Waals surface area contributed by atoms with Crippen LogP contribution in [0.2, 0.25) is 0 Å². The molecule has 21 heavy (non-hydrogen) atoms. The molecule has 3 N–H and O–H groups in total. The number of nitrogens with two attached hydrogens (primary N) is 1. The highest BCUT2D eigenvalue weighted by Gasteiger charge is 2.16. The number of nitrogens with one attached hydrogen (secondary N) is 1. The molecular formula is C15H19F2N3O. The summed E-state index contributed by atoms with van der Waals surface area (Å²) in [7, 11) is 0. The summed E-state index contributed by atoms with van der Waals surface area (Å²) in [6, 6.07) is 0. The van der Waals surface area contributed by atoms with E-state index in [2.05, 4.69) is 10.4 Å². The standard InChI is InChI=1S/C15H19F2N3O/c1-3-6-15(19-10-11(2)20-18)21-14-9-12(16)7-4-5-8-13(14)17/h3-4,6-10,14,20H,5,18H2,1-2H3/b6-3+,7-4-,11-10+,12-9?,13-8?,19-15-. The van der Waals surface area contributed by atoms with Gasteiger partial charge in [0.25, 0.3) is 0 Å². The van der Waals surface area contributed by atoms with Crippen molar-refractivity contribution in [1.82, 2.24) is 5.43 Å². The number of halogens is 2. The van der Waals surface area contributed by atoms with Gasteiger partial charge >= 0.3 is 0 Å². The first kappa shape index (κ1) is 16.8. The van der Waals surface area contributed by atoms with Gasteiger partial charge in [-0.1, -0.05) is 12.2 Å². The Balaban J connectivity index is 2.98. The van der Waals surface area contributed by atoms with E-state index in [1.54, 1.807) is 26.0 Å². The van der Waals surface area contributed by atoms with E-state index in [-0.39, 0.29) is 5.90 Å². The van der Waals surface area contributed by atoms with Crippen molar-refractivity contribution < 1.29 is 13.5 Å². The average Bonchev–Trinajstić information content (AvgIpc) is 2.46. The van der Waals surface area contributed by atoms with Gasteiger partial charge in [0, 0.05) is 5.70 Å². The Morgan fingerprint density at radius 2 is 2.29 bits per heavy atom. The summed E-state index contributed by atoms with van der Waals surface area (Å²) in [5.74, 6) is 4.24. The van der Waals surface area contributed by atoms with Crippen LogP contribution in [0.3, 0.4) is 0 Å². The third-order valence-corrected chi connectivity index (χ3v) is 2.48. The second-order valence-electron chi connectivity index (χ2n) is 4.24. The number of ether oxygens (including phenoxy) is 1. The predicted octanol–water partition coefficient (Wildman–Crippen LogP) is 3.34. The number of nitrogens with zero attached hydrogens (tertiary/aromatic N) is 1. The molecule has 0 radical (unpaired) electrons. The summed E-state index contributed by atoms with van der Waals surface area (Å²) < 4.78 is 32.7. The van der Waals surface area contributed by atoms with Gasteiger partial charge in [-0.25, -0.2) is 13.8 Å². The molecule has 0 spiro atoms. The van der Waals surface area contributed by atoms with E-state index in [1.165, 1.54) is 24.4 Å². The Morgan fingerprint density at radius 3 is 2.95 bits per heavy atom. The molecule has 0 fully saturated rings. The lowest BCUT2D eigenvalue weighted by atomic mass is 10.2. The molecule has 1 rings (SSSR count). The predicted molar refractivity (Wildman–Crippen MR) is 80.3 cm³/mol. The molecule has 0 saturated carbocycles. The lowest BCUT2D eigenvalue weighted by Crippen LogP contribution is -2.19. The van der Waals surface area contributed by atoms with Crippen LogP contribution in [0.4, 0.5) is 8.78 Å². The van der Waals surface area contributed by atoms with Crippen molar-refractivity contribution in [3.63, 3.8) is 0 Å². The highest BCUT2D eigenvalue weighted by Crippen LogP contribution is 2.18. The molecule has 0 aromatic heterocycles. The maximum absolute atomic E-state index is 13.9. The quantitative estimate of drug-likeness (QED) is 0.362. The molecule has 1 aliphatic rings. The zero-order valence-corrected chi connectivity index (χ0v) is 12.0. The number of aliphatic imine (C=N–C) groups is 1. The molecular weight excluding hydrogens is 276 g/mol. The van der Waals surface area contributed by atoms with E-state index in [0.717, 1.165) is 6.08 Å². The molecule has 0 aromatic rings. The van der Waals surface area contributed by atoms with Crippen molar-refractivity contribution >= 4 is 5.90 Å². The fraction of sp³-hybridized carbons (Fsp3) is 0.267. The van der Waals surface area contributed by atoms with Gasteiger partial charge < -0.3 is 10.2 Å². The first-order valence-corrected chi connectivity index (χ1v) is 6.46. The largest absolute Gasteiger partial charge is 0.463 e. The lowest BCUT2D eigenvalue weighted by molar-refractivity contribution is 0.238. The molecule has 0 heterocycles. The Hall–Kier alpha value is -2.21. The van der Waals surface area contributed by atoms with E-state index in [4.69, 9.17) is 10.6 Å². The first-order valence-electron chi connectivity index (χ1n) is 6.46. The smallest absolute Gasteiger partial charge is 0.213 e. The average molecular weight is 295 g/mol. The second-order valence-corrected chi connectivity index (χ2v) is 4.24. The Labute approximate surface area is 123 Å². The Morgan fingerprint density at radius 1 is 1.52 bits per heavy atom. The third-order valence-electron chi connectivity index (χ3n) is 2.48. The summed E-state index contributed by atoms with van der Waals surface area (Å²) in [6.07, 6.45) is 9.01. The molecule has 0 amide bonds. The maximum Gasteiger partial charge on any atom is 0.213 e. The van der Waals surface area contributed by atoms with E-state index >= 15 is 0 Å². The molecule has 1 aliphatic carbocycles. The van der Waals surface area contributed by atoms with Crippen molar-refractivity contribution in [2.75, 3.05) is 0 Å². The highest BCUT2D eigenvalue weighted by molar-refractivity contribution is 5.88. The van der Waals surface area contributed by atoms with Gasteiger partial charge in [-0.05, 0) is 44.6 Å². The van der Waals surface area contributed by atoms with Crippen LogP contribution in [0.15, 0.2) is 65.0 Å². The molecule has 0 aromatic carbocycles. The topological polar surface area (TPSA) is 59.6 Å². The molecule has 1 unspecified atom stereocenters. The van der Waals surface area contributed by atoms with Crippen LogP contribution in [0.1, 0.15) is 20.3 Å². The molecule has 4 nitrogen and oxygen atoms in total. The van der Waals surface area contributed by atoms with Crippen molar-refractivity contribution in [2.24, 2.45) is 10.8 Å². The normalized spacial score (nSPS) is 22.2. The molecule has 0 aliphatic heterocycles. The van der Waals surface area contributed by atoms with E-state index in [1.807, 2.05) is 0 Å². The van der Waals surface area contributed by atoms with Gasteiger partial charge in [-0.15, -0.1) is 0 Å². The summed E-state index contributed by atoms with van der Waals surface area (Å²) in [5.41, 5.74) is 3.00. The number of allylic oxidation sites excluding steroid dienone is 6. The van der Waals surface area contributed by atoms with Crippen LogP contribution >= 0.6 is 0 Å². The van der Waals surface area contributed by atoms with Crippen LogP contribution in [0, 0.1) is 0 Å². The van der Waals surface area contributed by atoms with Crippen LogP contribution in [0.5, 0.6) is 0 Å². The number of hydrazine groups is 1. The Bertz CT molecular complexity index is 531. The monoisotopic (exact) mass is 295 g/mol. The van der Waals surface area contributed by atoms with Gasteiger partial charge in [0.2, 0.25) is 5.90 Å². The molecule has 0 saturated heterocycles. The summed E-state index contributed by atoms with van der Waals surface area (Å²) in [6.45, 7) is 3.47. The fourth-order valence-corrected chi connectivity index (χ4v) is 1.43. The SMILES string of the molecule is C/C=C/C(=N/C=C(\C)NN)OC1C=C(F)/C=C\CC=C1F. The minimum atomic E-state index is -1.15. The summed E-state index contributed by atoms with van der Waals surface area (Å²) in [5, 5.41) is 0. The number of hydrogen-bond donors (Lipinski definition) is 2. The van der Waals surface area contributed by atoms with Crippen molar-refractivity contribution in [3.05, 3.63) is 60.0 Å². The van der Waals surface area contributed by atoms with Crippen LogP contribution in [-0.2, 0) is 4.74 Å². The van der Waals surface area contributed by atoms with Crippen LogP contribution in [0.25, 0.3) is 0 Å². The minimum Gasteiger partial charge on any atom is -0.463 e. The molecule has 1 atom stereocenters. The van der Waals surface area contributed by atoms with E-state index in [0.29, 0.717) is 12.1 Å². The fourth-order valence-electron chi connectivity index (χ4n) is 1.43. The third kappa shape index (κ3) is 6.18. The van der Waals surface area contributed by atoms with Gasteiger partial charge in [-0.3, -0.25) is 5.84 Å². The minimum absolute atomic E-state index is 0.147. The van der Waals surface area contributed by atoms with Gasteiger partial charge in [0.1, 0.15) is 11.7 Å². The lowest BCUT2D eigenvalue weighted by Gasteiger charge is -2.15. The van der Waals surface area contributed by atoms with Crippen molar-refractivity contribution in [1.29, 1.82) is 0 Å². The molecule has 114 valence electrons. The maximum atomic E-state index is 13.9. The van der Waals surface area contributed by atoms with Crippen molar-refractivity contribution in [3.8, 4) is 0 Å². The molecule has 0 bridgehead atoms. The second kappa shape index (κ2) is 8.86. The van der Waals surface area contributed by atoms with Gasteiger partial charge in [0.05, 0.1) is 6.20 Å². The van der Waals surface area contributed by atoms with E-state index < -0.39 is 17.8 Å². The van der Waals surface area contributed by atoms with Crippen molar-refractivity contribution in [2.45, 2.75) is 26.4 Å². The Kier molecular flexibility index (Phi) is 7.11. The van der Waals surface area contributed by atoms with Gasteiger partial charge in [0.15, 0.2) is 6.10 Å².